The number of fused-ring (bicyclic) bond motifs is 1. The Morgan fingerprint density at radius 2 is 2.05 bits per heavy atom. The van der Waals surface area contributed by atoms with Crippen LogP contribution in [0.5, 0.6) is 5.75 Å². The lowest BCUT2D eigenvalue weighted by molar-refractivity contribution is 0.0766. The molecule has 3 rings (SSSR count). The van der Waals surface area contributed by atoms with Crippen LogP contribution in [0.25, 0.3) is 0 Å². The van der Waals surface area contributed by atoms with Crippen LogP contribution in [0.3, 0.4) is 0 Å². The van der Waals surface area contributed by atoms with Crippen LogP contribution in [-0.2, 0) is 13.1 Å². The van der Waals surface area contributed by atoms with Crippen LogP contribution >= 0.6 is 15.9 Å². The van der Waals surface area contributed by atoms with E-state index in [0.717, 1.165) is 21.3 Å². The third kappa shape index (κ3) is 2.58. The molecule has 1 heterocycles. The van der Waals surface area contributed by atoms with Gasteiger partial charge in [-0.15, -0.1) is 0 Å². The third-order valence-corrected chi connectivity index (χ3v) is 4.19. The maximum Gasteiger partial charge on any atom is 0.254 e. The fourth-order valence-corrected chi connectivity index (χ4v) is 3.07. The molecule has 0 saturated carbocycles. The smallest absolute Gasteiger partial charge is 0.254 e. The van der Waals surface area contributed by atoms with E-state index in [-0.39, 0.29) is 5.91 Å². The Morgan fingerprint density at radius 1 is 1.32 bits per heavy atom. The number of carbonyl (C=O) groups is 1. The molecule has 5 heteroatoms. The van der Waals surface area contributed by atoms with Crippen molar-refractivity contribution in [2.45, 2.75) is 13.1 Å². The molecule has 0 unspecified atom stereocenters. The van der Waals surface area contributed by atoms with Crippen LogP contribution in [0, 0.1) is 11.3 Å². The Morgan fingerprint density at radius 3 is 2.68 bits per heavy atom. The summed E-state index contributed by atoms with van der Waals surface area (Å²) in [6.45, 7) is 0.983. The van der Waals surface area contributed by atoms with Crippen molar-refractivity contribution in [3.63, 3.8) is 0 Å². The van der Waals surface area contributed by atoms with Gasteiger partial charge in [0.25, 0.3) is 5.91 Å². The van der Waals surface area contributed by atoms with Gasteiger partial charge in [-0.1, -0.05) is 28.1 Å². The topological polar surface area (TPSA) is 53.3 Å². The van der Waals surface area contributed by atoms with Gasteiger partial charge in [0.15, 0.2) is 0 Å². The van der Waals surface area contributed by atoms with Crippen molar-refractivity contribution in [2.75, 3.05) is 7.11 Å². The zero-order valence-electron chi connectivity index (χ0n) is 12.0. The normalized spacial score (nSPS) is 13.0. The molecular formula is C17H13BrN2O2. The molecule has 0 N–H and O–H groups in total. The van der Waals surface area contributed by atoms with Crippen molar-refractivity contribution in [1.29, 1.82) is 5.26 Å². The van der Waals surface area contributed by atoms with E-state index in [4.69, 9.17) is 4.74 Å². The minimum atomic E-state index is -0.0383. The number of methoxy groups -OCH3 is 1. The number of benzene rings is 2. The fourth-order valence-electron chi connectivity index (χ4n) is 2.61. The summed E-state index contributed by atoms with van der Waals surface area (Å²) in [6, 6.07) is 13.3. The summed E-state index contributed by atoms with van der Waals surface area (Å²) in [7, 11) is 1.62. The zero-order chi connectivity index (χ0) is 15.7. The van der Waals surface area contributed by atoms with Crippen LogP contribution in [0.15, 0.2) is 40.9 Å². The van der Waals surface area contributed by atoms with Gasteiger partial charge in [-0.3, -0.25) is 4.79 Å². The lowest BCUT2D eigenvalue weighted by atomic mass is 10.0. The summed E-state index contributed by atoms with van der Waals surface area (Å²) in [4.78, 5) is 14.3. The molecule has 4 nitrogen and oxygen atoms in total. The first kappa shape index (κ1) is 14.6. The Bertz CT molecular complexity index is 778. The number of hydrogen-bond acceptors (Lipinski definition) is 3. The van der Waals surface area contributed by atoms with Crippen molar-refractivity contribution >= 4 is 21.8 Å². The molecule has 0 saturated heterocycles. The number of carbonyl (C=O) groups excluding carboxylic acids is 1. The van der Waals surface area contributed by atoms with Crippen molar-refractivity contribution in [2.24, 2.45) is 0 Å². The van der Waals surface area contributed by atoms with Crippen molar-refractivity contribution in [3.05, 3.63) is 63.1 Å². The minimum Gasteiger partial charge on any atom is -0.497 e. The number of amides is 1. The molecular weight excluding hydrogens is 344 g/mol. The lowest BCUT2D eigenvalue weighted by Gasteiger charge is -2.15. The highest BCUT2D eigenvalue weighted by molar-refractivity contribution is 9.10. The van der Waals surface area contributed by atoms with E-state index in [2.05, 4.69) is 22.0 Å². The van der Waals surface area contributed by atoms with E-state index in [9.17, 15) is 10.1 Å². The number of nitriles is 1. The largest absolute Gasteiger partial charge is 0.497 e. The second-order valence-electron chi connectivity index (χ2n) is 5.10. The molecule has 22 heavy (non-hydrogen) atoms. The third-order valence-electron chi connectivity index (χ3n) is 3.73. The highest BCUT2D eigenvalue weighted by Crippen LogP contribution is 2.30. The van der Waals surface area contributed by atoms with Crippen LogP contribution in [0.4, 0.5) is 0 Å². The Labute approximate surface area is 137 Å². The Balaban J connectivity index is 1.86. The molecule has 2 aromatic rings. The van der Waals surface area contributed by atoms with Crippen LogP contribution < -0.4 is 4.74 Å². The first-order valence-electron chi connectivity index (χ1n) is 6.77. The molecule has 0 atom stereocenters. The maximum atomic E-state index is 12.5. The molecule has 0 aliphatic carbocycles. The number of rotatable bonds is 3. The molecule has 0 radical (unpaired) electrons. The summed E-state index contributed by atoms with van der Waals surface area (Å²) < 4.78 is 5.88. The van der Waals surface area contributed by atoms with Crippen molar-refractivity contribution in [1.82, 2.24) is 4.90 Å². The van der Waals surface area contributed by atoms with Gasteiger partial charge in [0.1, 0.15) is 5.75 Å². The summed E-state index contributed by atoms with van der Waals surface area (Å²) in [5.74, 6) is 0.749. The van der Waals surface area contributed by atoms with Gasteiger partial charge >= 0.3 is 0 Å². The first-order chi connectivity index (χ1) is 10.6. The number of ether oxygens (including phenoxy) is 1. The van der Waals surface area contributed by atoms with Gasteiger partial charge in [-0.25, -0.2) is 0 Å². The van der Waals surface area contributed by atoms with E-state index in [1.165, 1.54) is 0 Å². The quantitative estimate of drug-likeness (QED) is 0.845. The van der Waals surface area contributed by atoms with Gasteiger partial charge in [0, 0.05) is 28.7 Å². The molecule has 0 aromatic heterocycles. The van der Waals surface area contributed by atoms with Gasteiger partial charge in [0.2, 0.25) is 0 Å². The first-order valence-corrected chi connectivity index (χ1v) is 7.56. The number of nitrogens with zero attached hydrogens (tertiary/aromatic N) is 2. The average molecular weight is 357 g/mol. The highest BCUT2D eigenvalue weighted by atomic mass is 79.9. The summed E-state index contributed by atoms with van der Waals surface area (Å²) in [6.07, 6.45) is 0. The van der Waals surface area contributed by atoms with Crippen LogP contribution in [-0.4, -0.2) is 17.9 Å². The second-order valence-corrected chi connectivity index (χ2v) is 6.02. The standard InChI is InChI=1S/C17H13BrN2O2/c1-22-14-4-2-11(3-5-14)9-20-10-16-12(8-19)6-13(18)7-15(16)17(20)21/h2-7H,9-10H2,1H3. The molecule has 1 aliphatic heterocycles. The van der Waals surface area contributed by atoms with E-state index >= 15 is 0 Å². The van der Waals surface area contributed by atoms with E-state index in [0.29, 0.717) is 24.2 Å². The molecule has 0 bridgehead atoms. The SMILES string of the molecule is COc1ccc(CN2Cc3c(C#N)cc(Br)cc3C2=O)cc1. The highest BCUT2D eigenvalue weighted by Gasteiger charge is 2.29. The molecule has 110 valence electrons. The van der Waals surface area contributed by atoms with Gasteiger partial charge in [-0.05, 0) is 29.8 Å². The number of hydrogen-bond donors (Lipinski definition) is 0. The van der Waals surface area contributed by atoms with Crippen LogP contribution in [0.2, 0.25) is 0 Å². The Hall–Kier alpha value is -2.32. The number of halogens is 1. The van der Waals surface area contributed by atoms with E-state index in [1.54, 1.807) is 24.1 Å². The fraction of sp³-hybridized carbons (Fsp3) is 0.176. The Kier molecular flexibility index (Phi) is 3.86. The maximum absolute atomic E-state index is 12.5. The summed E-state index contributed by atoms with van der Waals surface area (Å²) in [5, 5.41) is 9.23. The van der Waals surface area contributed by atoms with Crippen molar-refractivity contribution < 1.29 is 9.53 Å². The van der Waals surface area contributed by atoms with Gasteiger partial charge < -0.3 is 9.64 Å². The average Bonchev–Trinajstić information content (AvgIpc) is 2.84. The monoisotopic (exact) mass is 356 g/mol. The van der Waals surface area contributed by atoms with Crippen LogP contribution in [0.1, 0.15) is 27.0 Å². The van der Waals surface area contributed by atoms with E-state index < -0.39 is 0 Å². The van der Waals surface area contributed by atoms with Gasteiger partial charge in [0.05, 0.1) is 18.7 Å². The summed E-state index contributed by atoms with van der Waals surface area (Å²) >= 11 is 3.35. The van der Waals surface area contributed by atoms with Crippen molar-refractivity contribution in [3.8, 4) is 11.8 Å². The molecule has 2 aromatic carbocycles. The zero-order valence-corrected chi connectivity index (χ0v) is 13.6. The van der Waals surface area contributed by atoms with E-state index in [1.807, 2.05) is 24.3 Å². The minimum absolute atomic E-state index is 0.0383. The molecule has 0 fully saturated rings. The lowest BCUT2D eigenvalue weighted by Crippen LogP contribution is -2.23. The predicted molar refractivity (Wildman–Crippen MR) is 85.4 cm³/mol. The molecule has 1 aliphatic rings. The summed E-state index contributed by atoms with van der Waals surface area (Å²) in [5.41, 5.74) is 3.00. The predicted octanol–water partition coefficient (Wildman–Crippen LogP) is 3.49. The second kappa shape index (κ2) is 5.82. The molecule has 1 amide bonds. The molecule has 0 spiro atoms. The van der Waals surface area contributed by atoms with Gasteiger partial charge in [-0.2, -0.15) is 5.26 Å².